The van der Waals surface area contributed by atoms with Gasteiger partial charge in [0.05, 0.1) is 23.1 Å². The predicted octanol–water partition coefficient (Wildman–Crippen LogP) is 4.25. The van der Waals surface area contributed by atoms with Gasteiger partial charge in [0, 0.05) is 24.3 Å². The summed E-state index contributed by atoms with van der Waals surface area (Å²) in [5.41, 5.74) is 1.83. The fourth-order valence-corrected chi connectivity index (χ4v) is 1.99. The van der Waals surface area contributed by atoms with Crippen LogP contribution in [0.3, 0.4) is 0 Å². The maximum absolute atomic E-state index is 10.6. The molecular weight excluding hydrogens is 324 g/mol. The molecule has 128 valence electrons. The van der Waals surface area contributed by atoms with Gasteiger partial charge in [-0.15, -0.1) is 0 Å². The van der Waals surface area contributed by atoms with Gasteiger partial charge >= 0.3 is 0 Å². The van der Waals surface area contributed by atoms with E-state index in [-0.39, 0.29) is 11.4 Å². The molecule has 0 amide bonds. The zero-order valence-corrected chi connectivity index (χ0v) is 13.3. The summed E-state index contributed by atoms with van der Waals surface area (Å²) < 4.78 is 5.41. The highest BCUT2D eigenvalue weighted by Gasteiger charge is 2.02. The van der Waals surface area contributed by atoms with Crippen LogP contribution in [0.2, 0.25) is 0 Å². The second-order valence-electron chi connectivity index (χ2n) is 5.04. The van der Waals surface area contributed by atoms with E-state index >= 15 is 0 Å². The van der Waals surface area contributed by atoms with Crippen LogP contribution in [0.1, 0.15) is 11.1 Å². The van der Waals surface area contributed by atoms with Crippen molar-refractivity contribution in [2.75, 3.05) is 13.2 Å². The fourth-order valence-electron chi connectivity index (χ4n) is 1.99. The number of benzene rings is 2. The van der Waals surface area contributed by atoms with Gasteiger partial charge in [0.2, 0.25) is 0 Å². The van der Waals surface area contributed by atoms with Crippen LogP contribution in [-0.2, 0) is 4.74 Å². The van der Waals surface area contributed by atoms with Gasteiger partial charge in [-0.05, 0) is 35.4 Å². The average molecular weight is 340 g/mol. The number of hydrogen-bond acceptors (Lipinski definition) is 5. The normalized spacial score (nSPS) is 11.2. The Morgan fingerprint density at radius 2 is 1.08 bits per heavy atom. The minimum Gasteiger partial charge on any atom is -0.373 e. The van der Waals surface area contributed by atoms with Crippen molar-refractivity contribution in [1.29, 1.82) is 0 Å². The highest BCUT2D eigenvalue weighted by Crippen LogP contribution is 2.13. The van der Waals surface area contributed by atoms with Crippen molar-refractivity contribution >= 4 is 23.5 Å². The number of rotatable bonds is 8. The Morgan fingerprint density at radius 1 is 0.720 bits per heavy atom. The summed E-state index contributed by atoms with van der Waals surface area (Å²) in [7, 11) is 0. The summed E-state index contributed by atoms with van der Waals surface area (Å²) in [6.07, 6.45) is 7.29. The van der Waals surface area contributed by atoms with Crippen LogP contribution in [0.5, 0.6) is 0 Å². The Hall–Kier alpha value is -3.32. The van der Waals surface area contributed by atoms with Gasteiger partial charge in [-0.2, -0.15) is 0 Å². The molecular formula is C18H16N2O5. The largest absolute Gasteiger partial charge is 0.373 e. The summed E-state index contributed by atoms with van der Waals surface area (Å²) >= 11 is 0. The Labute approximate surface area is 144 Å². The number of non-ortho nitro benzene ring substituents is 2. The van der Waals surface area contributed by atoms with E-state index in [4.69, 9.17) is 4.74 Å². The fraction of sp³-hybridized carbons (Fsp3) is 0.111. The lowest BCUT2D eigenvalue weighted by Crippen LogP contribution is -1.90. The van der Waals surface area contributed by atoms with E-state index in [1.54, 1.807) is 24.3 Å². The number of nitrogens with zero attached hydrogens (tertiary/aromatic N) is 2. The van der Waals surface area contributed by atoms with Gasteiger partial charge in [-0.25, -0.2) is 0 Å². The standard InChI is InChI=1S/C18H16N2O5/c21-19(22)17-9-5-15(6-10-17)3-1-13-25-14-2-4-16-7-11-18(12-8-16)20(23)24/h1-12H,13-14H2. The first-order valence-electron chi connectivity index (χ1n) is 7.46. The van der Waals surface area contributed by atoms with Crippen LogP contribution >= 0.6 is 0 Å². The molecule has 0 fully saturated rings. The number of hydrogen-bond donors (Lipinski definition) is 0. The Balaban J connectivity index is 1.71. The molecule has 25 heavy (non-hydrogen) atoms. The zero-order valence-electron chi connectivity index (χ0n) is 13.3. The van der Waals surface area contributed by atoms with Gasteiger partial charge in [0.15, 0.2) is 0 Å². The first-order chi connectivity index (χ1) is 12.1. The lowest BCUT2D eigenvalue weighted by Gasteiger charge is -1.97. The summed E-state index contributed by atoms with van der Waals surface area (Å²) in [4.78, 5) is 20.2. The summed E-state index contributed by atoms with van der Waals surface area (Å²) in [5, 5.41) is 21.1. The van der Waals surface area contributed by atoms with Crippen molar-refractivity contribution in [3.63, 3.8) is 0 Å². The van der Waals surface area contributed by atoms with Crippen LogP contribution in [0.25, 0.3) is 12.2 Å². The van der Waals surface area contributed by atoms with E-state index in [0.29, 0.717) is 13.2 Å². The molecule has 2 rings (SSSR count). The molecule has 0 N–H and O–H groups in total. The first-order valence-corrected chi connectivity index (χ1v) is 7.46. The van der Waals surface area contributed by atoms with Crippen molar-refractivity contribution in [2.45, 2.75) is 0 Å². The van der Waals surface area contributed by atoms with Gasteiger partial charge in [-0.1, -0.05) is 24.3 Å². The molecule has 0 aliphatic heterocycles. The Bertz CT molecular complexity index is 713. The average Bonchev–Trinajstić information content (AvgIpc) is 2.61. The monoisotopic (exact) mass is 340 g/mol. The van der Waals surface area contributed by atoms with Crippen LogP contribution in [0, 0.1) is 20.2 Å². The van der Waals surface area contributed by atoms with E-state index in [9.17, 15) is 20.2 Å². The van der Waals surface area contributed by atoms with E-state index < -0.39 is 9.85 Å². The van der Waals surface area contributed by atoms with Crippen LogP contribution < -0.4 is 0 Å². The van der Waals surface area contributed by atoms with Crippen molar-refractivity contribution in [1.82, 2.24) is 0 Å². The second kappa shape index (κ2) is 9.09. The molecule has 0 saturated carbocycles. The number of ether oxygens (including phenoxy) is 1. The van der Waals surface area contributed by atoms with Crippen LogP contribution in [-0.4, -0.2) is 23.1 Å². The molecule has 0 unspecified atom stereocenters. The third-order valence-electron chi connectivity index (χ3n) is 3.26. The Kier molecular flexibility index (Phi) is 6.56. The third kappa shape index (κ3) is 6.00. The zero-order chi connectivity index (χ0) is 18.1. The first kappa shape index (κ1) is 18.0. The molecule has 2 aromatic carbocycles. The minimum absolute atomic E-state index is 0.0600. The lowest BCUT2D eigenvalue weighted by molar-refractivity contribution is -0.385. The predicted molar refractivity (Wildman–Crippen MR) is 95.1 cm³/mol. The highest BCUT2D eigenvalue weighted by atomic mass is 16.6. The number of nitro benzene ring substituents is 2. The van der Waals surface area contributed by atoms with Crippen molar-refractivity contribution in [3.8, 4) is 0 Å². The topological polar surface area (TPSA) is 95.5 Å². The van der Waals surface area contributed by atoms with E-state index in [1.165, 1.54) is 24.3 Å². The van der Waals surface area contributed by atoms with Crippen molar-refractivity contribution in [3.05, 3.63) is 92.0 Å². The molecule has 0 bridgehead atoms. The van der Waals surface area contributed by atoms with Gasteiger partial charge in [-0.3, -0.25) is 20.2 Å². The summed E-state index contributed by atoms with van der Waals surface area (Å²) in [6.45, 7) is 0.809. The highest BCUT2D eigenvalue weighted by molar-refractivity contribution is 5.52. The maximum Gasteiger partial charge on any atom is 0.269 e. The minimum atomic E-state index is -0.437. The van der Waals surface area contributed by atoms with Gasteiger partial charge < -0.3 is 4.74 Å². The maximum atomic E-state index is 10.6. The summed E-state index contributed by atoms with van der Waals surface area (Å²) in [6, 6.07) is 12.5. The lowest BCUT2D eigenvalue weighted by atomic mass is 10.2. The van der Waals surface area contributed by atoms with Gasteiger partial charge in [0.1, 0.15) is 0 Å². The molecule has 0 aliphatic carbocycles. The SMILES string of the molecule is O=[N+]([O-])c1ccc(C=CCOCC=Cc2ccc([N+](=O)[O-])cc2)cc1. The number of nitro groups is 2. The van der Waals surface area contributed by atoms with Gasteiger partial charge in [0.25, 0.3) is 11.4 Å². The molecule has 0 aromatic heterocycles. The molecule has 0 heterocycles. The Morgan fingerprint density at radius 3 is 1.40 bits per heavy atom. The van der Waals surface area contributed by atoms with E-state index in [1.807, 2.05) is 24.3 Å². The second-order valence-corrected chi connectivity index (χ2v) is 5.04. The molecule has 7 heteroatoms. The molecule has 0 saturated heterocycles. The van der Waals surface area contributed by atoms with Crippen molar-refractivity contribution in [2.24, 2.45) is 0 Å². The van der Waals surface area contributed by atoms with Crippen LogP contribution in [0.15, 0.2) is 60.7 Å². The van der Waals surface area contributed by atoms with E-state index in [0.717, 1.165) is 11.1 Å². The molecule has 0 aliphatic rings. The van der Waals surface area contributed by atoms with E-state index in [2.05, 4.69) is 0 Å². The third-order valence-corrected chi connectivity index (χ3v) is 3.26. The van der Waals surface area contributed by atoms with Crippen molar-refractivity contribution < 1.29 is 14.6 Å². The molecule has 0 atom stereocenters. The quantitative estimate of drug-likeness (QED) is 0.407. The molecule has 2 aromatic rings. The molecule has 0 radical (unpaired) electrons. The van der Waals surface area contributed by atoms with Crippen LogP contribution in [0.4, 0.5) is 11.4 Å². The smallest absolute Gasteiger partial charge is 0.269 e. The molecule has 0 spiro atoms. The molecule has 7 nitrogen and oxygen atoms in total. The summed E-state index contributed by atoms with van der Waals surface area (Å²) in [5.74, 6) is 0.